The molecule has 0 aliphatic rings. The molecule has 7 nitrogen and oxygen atoms in total. The molecule has 0 atom stereocenters. The zero-order valence-corrected chi connectivity index (χ0v) is 13.0. The number of aromatic nitrogens is 2. The molecule has 0 saturated heterocycles. The average molecular weight is 296 g/mol. The van der Waals surface area contributed by atoms with Crippen LogP contribution >= 0.6 is 0 Å². The molecule has 0 unspecified atom stereocenters. The first-order valence-corrected chi connectivity index (χ1v) is 7.55. The van der Waals surface area contributed by atoms with Gasteiger partial charge in [-0.05, 0) is 13.3 Å². The van der Waals surface area contributed by atoms with E-state index in [0.717, 1.165) is 25.7 Å². The summed E-state index contributed by atoms with van der Waals surface area (Å²) in [7, 11) is 0. The molecule has 0 bridgehead atoms. The fourth-order valence-electron chi connectivity index (χ4n) is 1.92. The topological polar surface area (TPSA) is 90.2 Å². The van der Waals surface area contributed by atoms with Crippen LogP contribution in [0.4, 0.5) is 11.5 Å². The van der Waals surface area contributed by atoms with E-state index in [1.807, 2.05) is 6.92 Å². The van der Waals surface area contributed by atoms with E-state index >= 15 is 0 Å². The van der Waals surface area contributed by atoms with Crippen molar-refractivity contribution in [2.45, 2.75) is 52.9 Å². The molecule has 0 aliphatic heterocycles. The van der Waals surface area contributed by atoms with Gasteiger partial charge in [0, 0.05) is 13.0 Å². The van der Waals surface area contributed by atoms with Crippen molar-refractivity contribution >= 4 is 11.5 Å². The second-order valence-corrected chi connectivity index (χ2v) is 4.67. The van der Waals surface area contributed by atoms with Gasteiger partial charge in [0.2, 0.25) is 5.82 Å². The van der Waals surface area contributed by atoms with E-state index in [9.17, 15) is 10.1 Å². The average Bonchev–Trinajstić information content (AvgIpc) is 2.46. The van der Waals surface area contributed by atoms with Crippen LogP contribution in [0, 0.1) is 10.1 Å². The summed E-state index contributed by atoms with van der Waals surface area (Å²) in [5, 5.41) is 14.3. The molecule has 0 amide bonds. The maximum atomic E-state index is 11.3. The second kappa shape index (κ2) is 9.10. The van der Waals surface area contributed by atoms with Gasteiger partial charge in [0.05, 0.1) is 11.5 Å². The Kier molecular flexibility index (Phi) is 7.42. The summed E-state index contributed by atoms with van der Waals surface area (Å²) in [6.07, 6.45) is 4.98. The van der Waals surface area contributed by atoms with Crippen molar-refractivity contribution < 1.29 is 9.66 Å². The van der Waals surface area contributed by atoms with Crippen LogP contribution in [0.25, 0.3) is 0 Å². The predicted molar refractivity (Wildman–Crippen MR) is 81.9 cm³/mol. The van der Waals surface area contributed by atoms with Gasteiger partial charge in [-0.1, -0.05) is 33.1 Å². The Labute approximate surface area is 125 Å². The highest BCUT2D eigenvalue weighted by atomic mass is 16.6. The number of unbranched alkanes of at least 4 members (excludes halogenated alkanes) is 3. The van der Waals surface area contributed by atoms with Crippen molar-refractivity contribution in [3.63, 3.8) is 0 Å². The molecule has 1 rings (SSSR count). The van der Waals surface area contributed by atoms with Crippen LogP contribution in [0.2, 0.25) is 0 Å². The van der Waals surface area contributed by atoms with Gasteiger partial charge < -0.3 is 10.1 Å². The van der Waals surface area contributed by atoms with E-state index in [4.69, 9.17) is 4.74 Å². The lowest BCUT2D eigenvalue weighted by molar-refractivity contribution is -0.385. The highest BCUT2D eigenvalue weighted by Gasteiger charge is 2.25. The Morgan fingerprint density at radius 2 is 1.95 bits per heavy atom. The molecular formula is C14H24N4O3. The van der Waals surface area contributed by atoms with Crippen molar-refractivity contribution in [2.75, 3.05) is 18.5 Å². The van der Waals surface area contributed by atoms with Gasteiger partial charge in [0.25, 0.3) is 5.88 Å². The minimum absolute atomic E-state index is 0.0467. The molecule has 0 saturated carbocycles. The molecule has 1 heterocycles. The summed E-state index contributed by atoms with van der Waals surface area (Å²) in [6.45, 7) is 6.81. The smallest absolute Gasteiger partial charge is 0.372 e. The Morgan fingerprint density at radius 1 is 1.19 bits per heavy atom. The van der Waals surface area contributed by atoms with Crippen molar-refractivity contribution in [3.8, 4) is 5.88 Å². The maximum absolute atomic E-state index is 11.3. The Bertz CT molecular complexity index is 466. The zero-order valence-electron chi connectivity index (χ0n) is 13.0. The molecule has 1 N–H and O–H groups in total. The van der Waals surface area contributed by atoms with Gasteiger partial charge in [-0.3, -0.25) is 10.1 Å². The van der Waals surface area contributed by atoms with Crippen LogP contribution in [0.5, 0.6) is 5.88 Å². The quantitative estimate of drug-likeness (QED) is 0.404. The van der Waals surface area contributed by atoms with E-state index in [0.29, 0.717) is 25.4 Å². The molecular weight excluding hydrogens is 272 g/mol. The van der Waals surface area contributed by atoms with Crippen molar-refractivity contribution in [1.29, 1.82) is 0 Å². The normalized spacial score (nSPS) is 10.4. The summed E-state index contributed by atoms with van der Waals surface area (Å²) >= 11 is 0. The Balaban J connectivity index is 2.92. The molecule has 0 fully saturated rings. The summed E-state index contributed by atoms with van der Waals surface area (Å²) in [4.78, 5) is 19.1. The highest BCUT2D eigenvalue weighted by Crippen LogP contribution is 2.32. The van der Waals surface area contributed by atoms with Crippen LogP contribution in [0.15, 0.2) is 0 Å². The number of ether oxygens (including phenoxy) is 1. The molecule has 0 aromatic carbocycles. The first-order chi connectivity index (χ1) is 10.1. The lowest BCUT2D eigenvalue weighted by Crippen LogP contribution is -2.11. The summed E-state index contributed by atoms with van der Waals surface area (Å²) in [5.74, 6) is 0.845. The molecule has 0 aliphatic carbocycles. The monoisotopic (exact) mass is 296 g/mol. The molecule has 0 spiro atoms. The van der Waals surface area contributed by atoms with E-state index in [1.54, 1.807) is 6.92 Å². The van der Waals surface area contributed by atoms with Gasteiger partial charge in [-0.2, -0.15) is 4.98 Å². The number of nitro groups is 1. The van der Waals surface area contributed by atoms with Crippen LogP contribution in [0.3, 0.4) is 0 Å². The molecule has 118 valence electrons. The second-order valence-electron chi connectivity index (χ2n) is 4.67. The van der Waals surface area contributed by atoms with Gasteiger partial charge in [0.1, 0.15) is 5.82 Å². The number of anilines is 1. The van der Waals surface area contributed by atoms with Crippen LogP contribution < -0.4 is 10.1 Å². The fourth-order valence-corrected chi connectivity index (χ4v) is 1.92. The van der Waals surface area contributed by atoms with Crippen molar-refractivity contribution in [3.05, 3.63) is 15.9 Å². The third-order valence-corrected chi connectivity index (χ3v) is 3.00. The maximum Gasteiger partial charge on any atom is 0.372 e. The molecule has 1 aromatic heterocycles. The predicted octanol–water partition coefficient (Wildman–Crippen LogP) is 3.34. The highest BCUT2D eigenvalue weighted by molar-refractivity contribution is 5.61. The number of nitrogens with zero attached hydrogens (tertiary/aromatic N) is 3. The van der Waals surface area contributed by atoms with Crippen LogP contribution in [-0.4, -0.2) is 28.0 Å². The van der Waals surface area contributed by atoms with E-state index in [2.05, 4.69) is 22.2 Å². The third-order valence-electron chi connectivity index (χ3n) is 3.00. The van der Waals surface area contributed by atoms with Gasteiger partial charge in [-0.15, -0.1) is 0 Å². The minimum Gasteiger partial charge on any atom is -0.473 e. The van der Waals surface area contributed by atoms with E-state index in [-0.39, 0.29) is 17.4 Å². The summed E-state index contributed by atoms with van der Waals surface area (Å²) < 4.78 is 5.29. The SMILES string of the molecule is CCCCCCNc1nc(CC)nc(OCC)c1[N+](=O)[O-]. The number of hydrogen-bond donors (Lipinski definition) is 1. The van der Waals surface area contributed by atoms with E-state index < -0.39 is 4.92 Å². The lowest BCUT2D eigenvalue weighted by atomic mass is 10.2. The lowest BCUT2D eigenvalue weighted by Gasteiger charge is -2.10. The summed E-state index contributed by atoms with van der Waals surface area (Å²) in [6, 6.07) is 0. The third kappa shape index (κ3) is 5.17. The first-order valence-electron chi connectivity index (χ1n) is 7.55. The molecule has 7 heteroatoms. The standard InChI is InChI=1S/C14H24N4O3/c1-4-7-8-9-10-15-13-12(18(19)20)14(21-6-3)17-11(5-2)16-13/h4-10H2,1-3H3,(H,15,16,17). The zero-order chi connectivity index (χ0) is 15.7. The molecule has 0 radical (unpaired) electrons. The van der Waals surface area contributed by atoms with Gasteiger partial charge >= 0.3 is 5.69 Å². The number of aryl methyl sites for hydroxylation is 1. The van der Waals surface area contributed by atoms with Gasteiger partial charge in [0.15, 0.2) is 0 Å². The number of nitrogens with one attached hydrogen (secondary N) is 1. The molecule has 1 aromatic rings. The van der Waals surface area contributed by atoms with Crippen LogP contribution in [-0.2, 0) is 6.42 Å². The van der Waals surface area contributed by atoms with Gasteiger partial charge in [-0.25, -0.2) is 4.98 Å². The van der Waals surface area contributed by atoms with Crippen molar-refractivity contribution in [1.82, 2.24) is 9.97 Å². The van der Waals surface area contributed by atoms with E-state index in [1.165, 1.54) is 0 Å². The minimum atomic E-state index is -0.487. The largest absolute Gasteiger partial charge is 0.473 e. The Morgan fingerprint density at radius 3 is 2.52 bits per heavy atom. The number of hydrogen-bond acceptors (Lipinski definition) is 6. The fraction of sp³-hybridized carbons (Fsp3) is 0.714. The van der Waals surface area contributed by atoms with Crippen LogP contribution in [0.1, 0.15) is 52.3 Å². The first kappa shape index (κ1) is 17.1. The van der Waals surface area contributed by atoms with Crippen molar-refractivity contribution in [2.24, 2.45) is 0 Å². The molecule has 21 heavy (non-hydrogen) atoms. The Hall–Kier alpha value is -1.92. The number of rotatable bonds is 10. The summed E-state index contributed by atoms with van der Waals surface area (Å²) in [5.41, 5.74) is -0.176.